The summed E-state index contributed by atoms with van der Waals surface area (Å²) in [5.41, 5.74) is 2.64. The van der Waals surface area contributed by atoms with Crippen LogP contribution in [0, 0.1) is 6.92 Å². The number of hydrogen-bond acceptors (Lipinski definition) is 2. The van der Waals surface area contributed by atoms with E-state index in [4.69, 9.17) is 4.74 Å². The van der Waals surface area contributed by atoms with Gasteiger partial charge >= 0.3 is 0 Å². The maximum absolute atomic E-state index is 11.9. The molecule has 104 valence electrons. The van der Waals surface area contributed by atoms with Gasteiger partial charge in [0.15, 0.2) is 0 Å². The third-order valence-corrected chi connectivity index (χ3v) is 3.38. The molecule has 0 atom stereocenters. The minimum absolute atomic E-state index is 0.00853. The van der Waals surface area contributed by atoms with E-state index in [9.17, 15) is 4.79 Å². The van der Waals surface area contributed by atoms with Gasteiger partial charge in [0, 0.05) is 0 Å². The molecule has 0 spiro atoms. The third-order valence-electron chi connectivity index (χ3n) is 3.38. The number of hydrogen-bond donors (Lipinski definition) is 1. The molecule has 3 nitrogen and oxygen atoms in total. The Balaban J connectivity index is 2.56. The molecule has 0 bridgehead atoms. The highest BCUT2D eigenvalue weighted by Crippen LogP contribution is 2.39. The minimum Gasteiger partial charge on any atom is -0.485 e. The molecule has 0 unspecified atom stereocenters. The lowest BCUT2D eigenvalue weighted by Gasteiger charge is -2.26. The van der Waals surface area contributed by atoms with Crippen molar-refractivity contribution in [3.05, 3.63) is 23.3 Å². The van der Waals surface area contributed by atoms with E-state index >= 15 is 0 Å². The van der Waals surface area contributed by atoms with E-state index in [1.54, 1.807) is 0 Å². The Morgan fingerprint density at radius 3 is 2.47 bits per heavy atom. The second-order valence-electron chi connectivity index (χ2n) is 7.01. The molecular formula is C16H23NO2. The number of anilines is 1. The van der Waals surface area contributed by atoms with Crippen molar-refractivity contribution in [2.24, 2.45) is 0 Å². The van der Waals surface area contributed by atoms with Crippen LogP contribution in [-0.2, 0) is 10.2 Å². The van der Waals surface area contributed by atoms with Crippen LogP contribution in [0.3, 0.4) is 0 Å². The Hall–Kier alpha value is -1.51. The zero-order valence-corrected chi connectivity index (χ0v) is 12.7. The van der Waals surface area contributed by atoms with E-state index in [1.165, 1.54) is 5.56 Å². The monoisotopic (exact) mass is 261 g/mol. The summed E-state index contributed by atoms with van der Waals surface area (Å²) in [5.74, 6) is 0.804. The van der Waals surface area contributed by atoms with Crippen LogP contribution in [0.4, 0.5) is 5.69 Å². The highest BCUT2D eigenvalue weighted by Gasteiger charge is 2.31. The molecule has 0 saturated carbocycles. The summed E-state index contributed by atoms with van der Waals surface area (Å²) in [7, 11) is 0. The molecule has 1 aliphatic heterocycles. The van der Waals surface area contributed by atoms with Crippen LogP contribution in [-0.4, -0.2) is 11.5 Å². The van der Waals surface area contributed by atoms with Crippen molar-refractivity contribution in [1.82, 2.24) is 0 Å². The fraction of sp³-hybridized carbons (Fsp3) is 0.562. The summed E-state index contributed by atoms with van der Waals surface area (Å²) < 4.78 is 6.03. The fourth-order valence-corrected chi connectivity index (χ4v) is 2.33. The normalized spacial score (nSPS) is 18.1. The van der Waals surface area contributed by atoms with Crippen molar-refractivity contribution in [3.8, 4) is 5.75 Å². The van der Waals surface area contributed by atoms with Gasteiger partial charge in [-0.15, -0.1) is 0 Å². The number of rotatable bonds is 0. The average molecular weight is 261 g/mol. The summed E-state index contributed by atoms with van der Waals surface area (Å²) in [5, 5.41) is 2.97. The lowest BCUT2D eigenvalue weighted by Crippen LogP contribution is -2.31. The summed E-state index contributed by atoms with van der Waals surface area (Å²) in [4.78, 5) is 11.9. The molecule has 3 heteroatoms. The van der Waals surface area contributed by atoms with Gasteiger partial charge in [-0.2, -0.15) is 0 Å². The summed E-state index contributed by atoms with van der Waals surface area (Å²) in [6.07, 6.45) is 0.367. The fourth-order valence-electron chi connectivity index (χ4n) is 2.33. The minimum atomic E-state index is -0.469. The lowest BCUT2D eigenvalue weighted by molar-refractivity contribution is -0.118. The van der Waals surface area contributed by atoms with Crippen molar-refractivity contribution in [2.75, 3.05) is 5.32 Å². The molecule has 1 aromatic carbocycles. The zero-order valence-electron chi connectivity index (χ0n) is 12.7. The molecule has 1 aliphatic rings. The van der Waals surface area contributed by atoms with Crippen LogP contribution in [0.15, 0.2) is 12.1 Å². The summed E-state index contributed by atoms with van der Waals surface area (Å²) in [6.45, 7) is 12.4. The van der Waals surface area contributed by atoms with Crippen LogP contribution in [0.5, 0.6) is 5.75 Å². The number of ether oxygens (including phenoxy) is 1. The van der Waals surface area contributed by atoms with Gasteiger partial charge in [-0.3, -0.25) is 4.79 Å². The van der Waals surface area contributed by atoms with Crippen molar-refractivity contribution in [2.45, 2.75) is 59.0 Å². The number of fused-ring (bicyclic) bond motifs is 1. The second kappa shape index (κ2) is 4.26. The van der Waals surface area contributed by atoms with Gasteiger partial charge in [0.05, 0.1) is 12.1 Å². The number of carbonyl (C=O) groups excluding carboxylic acids is 1. The van der Waals surface area contributed by atoms with E-state index in [1.807, 2.05) is 26.8 Å². The van der Waals surface area contributed by atoms with Gasteiger partial charge in [0.1, 0.15) is 11.4 Å². The van der Waals surface area contributed by atoms with E-state index in [-0.39, 0.29) is 11.3 Å². The largest absolute Gasteiger partial charge is 0.485 e. The average Bonchev–Trinajstić information content (AvgIpc) is 2.30. The van der Waals surface area contributed by atoms with Crippen LogP contribution in [0.1, 0.15) is 52.2 Å². The predicted octanol–water partition coefficient (Wildman–Crippen LogP) is 3.79. The quantitative estimate of drug-likeness (QED) is 0.771. The van der Waals surface area contributed by atoms with E-state index < -0.39 is 5.60 Å². The van der Waals surface area contributed by atoms with Crippen LogP contribution in [0.25, 0.3) is 0 Å². The first-order valence-electron chi connectivity index (χ1n) is 6.72. The van der Waals surface area contributed by atoms with Crippen LogP contribution < -0.4 is 10.1 Å². The van der Waals surface area contributed by atoms with Crippen molar-refractivity contribution < 1.29 is 9.53 Å². The van der Waals surface area contributed by atoms with E-state index in [2.05, 4.69) is 32.2 Å². The Labute approximate surface area is 115 Å². The first-order valence-corrected chi connectivity index (χ1v) is 6.72. The number of amides is 1. The maximum Gasteiger partial charge on any atom is 0.228 e. The van der Waals surface area contributed by atoms with Gasteiger partial charge in [0.25, 0.3) is 0 Å². The van der Waals surface area contributed by atoms with E-state index in [0.717, 1.165) is 17.0 Å². The number of aryl methyl sites for hydroxylation is 1. The molecule has 1 N–H and O–H groups in total. The van der Waals surface area contributed by atoms with Gasteiger partial charge in [0.2, 0.25) is 5.91 Å². The first kappa shape index (κ1) is 13.9. The Morgan fingerprint density at radius 1 is 1.26 bits per heavy atom. The van der Waals surface area contributed by atoms with Gasteiger partial charge in [-0.25, -0.2) is 0 Å². The lowest BCUT2D eigenvalue weighted by atomic mass is 9.85. The highest BCUT2D eigenvalue weighted by atomic mass is 16.5. The van der Waals surface area contributed by atoms with Gasteiger partial charge < -0.3 is 10.1 Å². The van der Waals surface area contributed by atoms with Crippen LogP contribution in [0.2, 0.25) is 0 Å². The topological polar surface area (TPSA) is 38.3 Å². The Bertz CT molecular complexity index is 524. The van der Waals surface area contributed by atoms with Crippen molar-refractivity contribution in [1.29, 1.82) is 0 Å². The maximum atomic E-state index is 11.9. The molecule has 0 radical (unpaired) electrons. The molecule has 2 rings (SSSR count). The Kier molecular flexibility index (Phi) is 3.12. The summed E-state index contributed by atoms with van der Waals surface area (Å²) >= 11 is 0. The molecule has 0 aromatic heterocycles. The standard InChI is InChI=1S/C16H23NO2/c1-10-7-11(15(2,3)4)8-12-14(10)19-16(5,6)9-13(18)17-12/h7-8H,9H2,1-6H3,(H,17,18). The molecule has 1 heterocycles. The van der Waals surface area contributed by atoms with Gasteiger partial charge in [-0.05, 0) is 43.4 Å². The SMILES string of the molecule is Cc1cc(C(C)(C)C)cc2c1OC(C)(C)CC(=O)N2. The highest BCUT2D eigenvalue weighted by molar-refractivity contribution is 5.94. The van der Waals surface area contributed by atoms with Gasteiger partial charge in [-0.1, -0.05) is 26.8 Å². The summed E-state index contributed by atoms with van der Waals surface area (Å²) in [6, 6.07) is 4.17. The smallest absolute Gasteiger partial charge is 0.228 e. The zero-order chi connectivity index (χ0) is 14.4. The van der Waals surface area contributed by atoms with Crippen molar-refractivity contribution >= 4 is 11.6 Å². The first-order chi connectivity index (χ1) is 8.58. The van der Waals surface area contributed by atoms with Crippen molar-refractivity contribution in [3.63, 3.8) is 0 Å². The molecule has 0 saturated heterocycles. The number of nitrogens with one attached hydrogen (secondary N) is 1. The molecular weight excluding hydrogens is 238 g/mol. The molecule has 0 fully saturated rings. The molecule has 1 amide bonds. The van der Waals surface area contributed by atoms with Crippen LogP contribution >= 0.6 is 0 Å². The van der Waals surface area contributed by atoms with E-state index in [0.29, 0.717) is 6.42 Å². The number of benzene rings is 1. The predicted molar refractivity (Wildman–Crippen MR) is 77.8 cm³/mol. The molecule has 19 heavy (non-hydrogen) atoms. The second-order valence-corrected chi connectivity index (χ2v) is 7.01. The Morgan fingerprint density at radius 2 is 1.89 bits per heavy atom. The molecule has 1 aromatic rings. The number of carbonyl (C=O) groups is 1. The molecule has 0 aliphatic carbocycles. The third kappa shape index (κ3) is 2.91.